The van der Waals surface area contributed by atoms with Gasteiger partial charge in [-0.1, -0.05) is 25.7 Å². The Morgan fingerprint density at radius 3 is 1.75 bits per heavy atom. The third-order valence-corrected chi connectivity index (χ3v) is 4.76. The molecule has 20 heavy (non-hydrogen) atoms. The van der Waals surface area contributed by atoms with Crippen LogP contribution in [0.1, 0.15) is 77.0 Å². The molecule has 1 N–H and O–H groups in total. The van der Waals surface area contributed by atoms with E-state index in [2.05, 4.69) is 4.90 Å². The first kappa shape index (κ1) is 15.3. The molecule has 2 aliphatic carbocycles. The molecule has 0 radical (unpaired) electrons. The lowest BCUT2D eigenvalue weighted by Crippen LogP contribution is -2.45. The Balaban J connectivity index is 1.84. The number of carbonyl (C=O) groups is 2. The summed E-state index contributed by atoms with van der Waals surface area (Å²) in [5.41, 5.74) is 0. The number of carbonyl (C=O) groups excluding carboxylic acids is 1. The first-order chi connectivity index (χ1) is 9.68. The van der Waals surface area contributed by atoms with Gasteiger partial charge in [-0.2, -0.15) is 0 Å². The van der Waals surface area contributed by atoms with Gasteiger partial charge in [-0.05, 0) is 38.5 Å². The molecule has 2 fully saturated rings. The van der Waals surface area contributed by atoms with Gasteiger partial charge in [0.25, 0.3) is 0 Å². The van der Waals surface area contributed by atoms with Crippen molar-refractivity contribution >= 4 is 11.9 Å². The molecule has 0 unspecified atom stereocenters. The molecule has 0 bridgehead atoms. The van der Waals surface area contributed by atoms with Crippen molar-refractivity contribution in [1.29, 1.82) is 0 Å². The lowest BCUT2D eigenvalue weighted by molar-refractivity contribution is -0.138. The highest BCUT2D eigenvalue weighted by Crippen LogP contribution is 2.32. The van der Waals surface area contributed by atoms with Crippen LogP contribution in [0.25, 0.3) is 0 Å². The van der Waals surface area contributed by atoms with Crippen LogP contribution in [0.4, 0.5) is 0 Å². The average molecular weight is 281 g/mol. The van der Waals surface area contributed by atoms with Crippen LogP contribution in [0.2, 0.25) is 0 Å². The van der Waals surface area contributed by atoms with Gasteiger partial charge in [-0.25, -0.2) is 0 Å². The summed E-state index contributed by atoms with van der Waals surface area (Å²) in [6, 6.07) is 0.926. The number of aliphatic carboxylic acids is 1. The van der Waals surface area contributed by atoms with Gasteiger partial charge in [0.1, 0.15) is 0 Å². The van der Waals surface area contributed by atoms with Gasteiger partial charge in [-0.15, -0.1) is 0 Å². The van der Waals surface area contributed by atoms with Gasteiger partial charge >= 0.3 is 5.97 Å². The zero-order valence-electron chi connectivity index (χ0n) is 12.4. The molecule has 0 saturated heterocycles. The lowest BCUT2D eigenvalue weighted by Gasteiger charge is -2.35. The maximum Gasteiger partial charge on any atom is 0.303 e. The Labute approximate surface area is 121 Å². The Bertz CT molecular complexity index is 315. The number of hydrogen-bond acceptors (Lipinski definition) is 2. The second-order valence-electron chi connectivity index (χ2n) is 6.28. The molecule has 0 aliphatic heterocycles. The summed E-state index contributed by atoms with van der Waals surface area (Å²) in [7, 11) is 0. The van der Waals surface area contributed by atoms with Crippen LogP contribution in [-0.4, -0.2) is 34.0 Å². The van der Waals surface area contributed by atoms with Crippen LogP contribution < -0.4 is 0 Å². The Hall–Kier alpha value is -1.06. The fraction of sp³-hybridized carbons (Fsp3) is 0.875. The summed E-state index contributed by atoms with van der Waals surface area (Å²) in [6.45, 7) is 0. The van der Waals surface area contributed by atoms with E-state index in [0.717, 1.165) is 25.7 Å². The monoisotopic (exact) mass is 281 g/mol. The molecule has 114 valence electrons. The van der Waals surface area contributed by atoms with E-state index in [-0.39, 0.29) is 12.3 Å². The van der Waals surface area contributed by atoms with Gasteiger partial charge < -0.3 is 10.0 Å². The van der Waals surface area contributed by atoms with Gasteiger partial charge in [0.15, 0.2) is 0 Å². The highest BCUT2D eigenvalue weighted by atomic mass is 16.4. The molecule has 0 spiro atoms. The standard InChI is InChI=1S/C16H27NO3/c18-15(11-5-6-12-16(19)20)17(13-7-1-2-8-13)14-9-3-4-10-14/h13-14H,1-12H2,(H,19,20). The number of carboxylic acids is 1. The Morgan fingerprint density at radius 1 is 0.850 bits per heavy atom. The predicted molar refractivity (Wildman–Crippen MR) is 77.5 cm³/mol. The molecule has 0 aromatic carbocycles. The molecule has 2 aliphatic rings. The second kappa shape index (κ2) is 7.65. The topological polar surface area (TPSA) is 57.6 Å². The van der Waals surface area contributed by atoms with E-state index in [1.54, 1.807) is 0 Å². The van der Waals surface area contributed by atoms with Crippen molar-refractivity contribution < 1.29 is 14.7 Å². The van der Waals surface area contributed by atoms with Crippen LogP contribution in [0.15, 0.2) is 0 Å². The van der Waals surface area contributed by atoms with E-state index >= 15 is 0 Å². The van der Waals surface area contributed by atoms with E-state index in [1.807, 2.05) is 0 Å². The van der Waals surface area contributed by atoms with Crippen LogP contribution in [0.5, 0.6) is 0 Å². The average Bonchev–Trinajstić information content (AvgIpc) is 3.08. The zero-order chi connectivity index (χ0) is 14.4. The number of hydrogen-bond donors (Lipinski definition) is 1. The highest BCUT2D eigenvalue weighted by Gasteiger charge is 2.33. The minimum Gasteiger partial charge on any atom is -0.481 e. The molecule has 2 saturated carbocycles. The van der Waals surface area contributed by atoms with Crippen LogP contribution >= 0.6 is 0 Å². The number of rotatable bonds is 7. The fourth-order valence-electron chi connectivity index (χ4n) is 3.75. The fourth-order valence-corrected chi connectivity index (χ4v) is 3.75. The van der Waals surface area contributed by atoms with Gasteiger partial charge in [0.2, 0.25) is 5.91 Å². The third kappa shape index (κ3) is 4.22. The van der Waals surface area contributed by atoms with Crippen LogP contribution in [0, 0.1) is 0 Å². The maximum absolute atomic E-state index is 12.5. The summed E-state index contributed by atoms with van der Waals surface area (Å²) in [6.07, 6.45) is 11.7. The molecule has 4 heteroatoms. The van der Waals surface area contributed by atoms with Gasteiger partial charge in [-0.3, -0.25) is 9.59 Å². The van der Waals surface area contributed by atoms with Crippen molar-refractivity contribution in [1.82, 2.24) is 4.90 Å². The van der Waals surface area contributed by atoms with E-state index in [0.29, 0.717) is 31.3 Å². The van der Waals surface area contributed by atoms with Crippen molar-refractivity contribution in [3.63, 3.8) is 0 Å². The summed E-state index contributed by atoms with van der Waals surface area (Å²) in [5, 5.41) is 8.64. The molecular weight excluding hydrogens is 254 g/mol. The van der Waals surface area contributed by atoms with Crippen molar-refractivity contribution in [2.24, 2.45) is 0 Å². The smallest absolute Gasteiger partial charge is 0.303 e. The number of nitrogens with zero attached hydrogens (tertiary/aromatic N) is 1. The number of amides is 1. The molecule has 0 aromatic heterocycles. The number of unbranched alkanes of at least 4 members (excludes halogenated alkanes) is 1. The van der Waals surface area contributed by atoms with Crippen molar-refractivity contribution in [3.8, 4) is 0 Å². The van der Waals surface area contributed by atoms with Gasteiger partial charge in [0.05, 0.1) is 0 Å². The number of carboxylic acid groups (broad SMARTS) is 1. The minimum atomic E-state index is -0.763. The van der Waals surface area contributed by atoms with Crippen LogP contribution in [-0.2, 0) is 9.59 Å². The second-order valence-corrected chi connectivity index (χ2v) is 6.28. The maximum atomic E-state index is 12.5. The zero-order valence-corrected chi connectivity index (χ0v) is 12.4. The van der Waals surface area contributed by atoms with Crippen molar-refractivity contribution in [2.75, 3.05) is 0 Å². The first-order valence-corrected chi connectivity index (χ1v) is 8.21. The normalized spacial score (nSPS) is 20.4. The quantitative estimate of drug-likeness (QED) is 0.728. The van der Waals surface area contributed by atoms with Crippen LogP contribution in [0.3, 0.4) is 0 Å². The molecular formula is C16H27NO3. The van der Waals surface area contributed by atoms with E-state index in [9.17, 15) is 9.59 Å². The molecule has 0 atom stereocenters. The molecule has 1 amide bonds. The minimum absolute atomic E-state index is 0.181. The highest BCUT2D eigenvalue weighted by molar-refractivity contribution is 5.77. The summed E-state index contributed by atoms with van der Waals surface area (Å²) in [4.78, 5) is 25.2. The third-order valence-electron chi connectivity index (χ3n) is 4.76. The summed E-state index contributed by atoms with van der Waals surface area (Å²) < 4.78 is 0. The molecule has 0 aromatic rings. The molecule has 2 rings (SSSR count). The largest absolute Gasteiger partial charge is 0.481 e. The molecule has 0 heterocycles. The summed E-state index contributed by atoms with van der Waals surface area (Å²) >= 11 is 0. The van der Waals surface area contributed by atoms with E-state index < -0.39 is 5.97 Å². The van der Waals surface area contributed by atoms with Crippen molar-refractivity contribution in [3.05, 3.63) is 0 Å². The first-order valence-electron chi connectivity index (χ1n) is 8.21. The Morgan fingerprint density at radius 2 is 1.30 bits per heavy atom. The Kier molecular flexibility index (Phi) is 5.86. The van der Waals surface area contributed by atoms with E-state index in [4.69, 9.17) is 5.11 Å². The van der Waals surface area contributed by atoms with E-state index in [1.165, 1.54) is 25.7 Å². The predicted octanol–water partition coefficient (Wildman–Crippen LogP) is 3.35. The van der Waals surface area contributed by atoms with Gasteiger partial charge in [0, 0.05) is 24.9 Å². The SMILES string of the molecule is O=C(O)CCCCC(=O)N(C1CCCC1)C1CCCC1. The van der Waals surface area contributed by atoms with Crippen molar-refractivity contribution in [2.45, 2.75) is 89.1 Å². The molecule has 4 nitrogen and oxygen atoms in total. The lowest BCUT2D eigenvalue weighted by atomic mass is 10.1. The summed E-state index contributed by atoms with van der Waals surface area (Å²) in [5.74, 6) is -0.491.